The van der Waals surface area contributed by atoms with Crippen molar-refractivity contribution in [2.24, 2.45) is 0 Å². The number of nitrogens with zero attached hydrogens (tertiary/aromatic N) is 3. The summed E-state index contributed by atoms with van der Waals surface area (Å²) in [6.45, 7) is -0.826. The first-order valence-corrected chi connectivity index (χ1v) is 9.95. The fraction of sp³-hybridized carbons (Fsp3) is 0.389. The summed E-state index contributed by atoms with van der Waals surface area (Å²) < 4.78 is 9.33. The number of imidazole rings is 1. The number of aliphatic hydroxyl groups is 4. The van der Waals surface area contributed by atoms with Gasteiger partial charge in [0.15, 0.2) is 6.33 Å². The molecule has 1 fully saturated rings. The minimum atomic E-state index is -1.38. The van der Waals surface area contributed by atoms with Gasteiger partial charge in [-0.05, 0) is 17.7 Å². The number of aromatic amines is 1. The van der Waals surface area contributed by atoms with Crippen LogP contribution in [0.5, 0.6) is 0 Å². The summed E-state index contributed by atoms with van der Waals surface area (Å²) in [5.41, 5.74) is 6.10. The van der Waals surface area contributed by atoms with Crippen LogP contribution >= 0.6 is 15.9 Å². The number of nitrogen functional groups attached to an aromatic ring is 1. The number of anilines is 1. The molecule has 12 heteroatoms. The molecule has 7 N–H and O–H groups in total. The van der Waals surface area contributed by atoms with Gasteiger partial charge in [-0.3, -0.25) is 9.78 Å². The van der Waals surface area contributed by atoms with Gasteiger partial charge in [-0.1, -0.05) is 33.0 Å². The van der Waals surface area contributed by atoms with Crippen molar-refractivity contribution in [1.82, 2.24) is 14.5 Å². The number of hydrogen-bond donors (Lipinski definition) is 6. The molecule has 4 rings (SSSR count). The monoisotopic (exact) mass is 482 g/mol. The fourth-order valence-electron chi connectivity index (χ4n) is 3.70. The lowest BCUT2D eigenvalue weighted by molar-refractivity contribution is -0.746. The van der Waals surface area contributed by atoms with Gasteiger partial charge in [0.1, 0.15) is 24.4 Å². The summed E-state index contributed by atoms with van der Waals surface area (Å²) in [4.78, 5) is 19.3. The van der Waals surface area contributed by atoms with Crippen LogP contribution < -0.4 is 15.9 Å². The topological polar surface area (TPSA) is 171 Å². The number of halogens is 1. The SMILES string of the molecule is Nc1nc2c(c(=O)[nH]1)n([C@@H](CO)c1ccc(Br)cc1)c[n+]2[C@@H]1O[C@H](CO)[C@@H](O)[C@H]1O. The average molecular weight is 483 g/mol. The zero-order valence-corrected chi connectivity index (χ0v) is 17.2. The van der Waals surface area contributed by atoms with E-state index in [-0.39, 0.29) is 23.7 Å². The number of nitrogens with one attached hydrogen (secondary N) is 1. The third-order valence-electron chi connectivity index (χ3n) is 5.20. The van der Waals surface area contributed by atoms with Crippen LogP contribution in [0.3, 0.4) is 0 Å². The van der Waals surface area contributed by atoms with Gasteiger partial charge < -0.3 is 30.9 Å². The highest BCUT2D eigenvalue weighted by molar-refractivity contribution is 9.10. The number of nitrogens with two attached hydrogens (primary N) is 1. The molecule has 11 nitrogen and oxygen atoms in total. The van der Waals surface area contributed by atoms with Gasteiger partial charge >= 0.3 is 5.65 Å². The summed E-state index contributed by atoms with van der Waals surface area (Å²) in [5.74, 6) is -0.144. The van der Waals surface area contributed by atoms with Gasteiger partial charge in [-0.25, -0.2) is 9.13 Å². The molecule has 0 saturated carbocycles. The van der Waals surface area contributed by atoms with E-state index in [1.165, 1.54) is 15.5 Å². The van der Waals surface area contributed by atoms with Gasteiger partial charge in [-0.15, -0.1) is 0 Å². The van der Waals surface area contributed by atoms with Gasteiger partial charge in [0.05, 0.1) is 13.2 Å². The van der Waals surface area contributed by atoms with Crippen molar-refractivity contribution in [2.75, 3.05) is 18.9 Å². The molecule has 0 radical (unpaired) electrons. The van der Waals surface area contributed by atoms with E-state index >= 15 is 0 Å². The maximum absolute atomic E-state index is 12.7. The largest absolute Gasteiger partial charge is 0.394 e. The van der Waals surface area contributed by atoms with Crippen LogP contribution in [0.15, 0.2) is 39.9 Å². The average Bonchev–Trinajstić information content (AvgIpc) is 3.22. The van der Waals surface area contributed by atoms with Crippen molar-refractivity contribution >= 4 is 33.0 Å². The van der Waals surface area contributed by atoms with Crippen LogP contribution in [-0.4, -0.2) is 66.5 Å². The van der Waals surface area contributed by atoms with E-state index in [2.05, 4.69) is 25.9 Å². The van der Waals surface area contributed by atoms with E-state index in [0.29, 0.717) is 0 Å². The molecule has 1 aliphatic heterocycles. The van der Waals surface area contributed by atoms with E-state index in [0.717, 1.165) is 10.0 Å². The zero-order chi connectivity index (χ0) is 21.6. The zero-order valence-electron chi connectivity index (χ0n) is 15.6. The van der Waals surface area contributed by atoms with Crippen LogP contribution in [-0.2, 0) is 4.74 Å². The maximum Gasteiger partial charge on any atom is 0.313 e. The highest BCUT2D eigenvalue weighted by Gasteiger charge is 2.47. The molecule has 0 spiro atoms. The first-order valence-electron chi connectivity index (χ1n) is 9.16. The number of H-pyrrole nitrogens is 1. The van der Waals surface area contributed by atoms with Gasteiger partial charge in [0.2, 0.25) is 11.7 Å². The standard InChI is InChI=1S/C18H20BrN5O6/c19-9-3-1-8(2-4-9)10(5-25)23-7-24(15-12(23)16(29)22-18(20)21-15)17-14(28)13(27)11(6-26)30-17/h1-4,7,10-11,13-14,17,25-28H,5-6H2,(H2-,20,21,22,29)/p+1/t10-,11+,13+,14+,17+/m0/s1. The van der Waals surface area contributed by atoms with E-state index in [4.69, 9.17) is 10.5 Å². The Hall–Kier alpha value is -2.35. The number of aromatic nitrogens is 4. The Kier molecular flexibility index (Phi) is 5.61. The first kappa shape index (κ1) is 20.9. The molecule has 0 unspecified atom stereocenters. The van der Waals surface area contributed by atoms with Gasteiger partial charge in [0.25, 0.3) is 11.5 Å². The quantitative estimate of drug-likeness (QED) is 0.240. The second-order valence-corrected chi connectivity index (χ2v) is 7.95. The first-order chi connectivity index (χ1) is 14.3. The van der Waals surface area contributed by atoms with Crippen LogP contribution in [0.2, 0.25) is 0 Å². The van der Waals surface area contributed by atoms with Gasteiger partial charge in [-0.2, -0.15) is 0 Å². The Morgan fingerprint density at radius 2 is 1.97 bits per heavy atom. The highest BCUT2D eigenvalue weighted by atomic mass is 79.9. The summed E-state index contributed by atoms with van der Waals surface area (Å²) in [6, 6.07) is 6.57. The third kappa shape index (κ3) is 3.41. The van der Waals surface area contributed by atoms with Crippen LogP contribution in [0.4, 0.5) is 5.95 Å². The molecule has 1 aromatic carbocycles. The van der Waals surface area contributed by atoms with Crippen LogP contribution in [0.1, 0.15) is 17.8 Å². The molecule has 30 heavy (non-hydrogen) atoms. The van der Waals surface area contributed by atoms with Crippen molar-refractivity contribution in [3.8, 4) is 0 Å². The molecule has 0 amide bonds. The molecule has 5 atom stereocenters. The molecule has 0 bridgehead atoms. The molecule has 3 heterocycles. The lowest BCUT2D eigenvalue weighted by Gasteiger charge is -2.14. The van der Waals surface area contributed by atoms with Crippen LogP contribution in [0.25, 0.3) is 11.2 Å². The Morgan fingerprint density at radius 3 is 2.57 bits per heavy atom. The Morgan fingerprint density at radius 1 is 1.27 bits per heavy atom. The summed E-state index contributed by atoms with van der Waals surface area (Å²) >= 11 is 3.36. The predicted octanol–water partition coefficient (Wildman–Crippen LogP) is -1.45. The van der Waals surface area contributed by atoms with E-state index in [1.54, 1.807) is 12.1 Å². The lowest BCUT2D eigenvalue weighted by Crippen LogP contribution is -2.46. The predicted molar refractivity (Wildman–Crippen MR) is 107 cm³/mol. The summed E-state index contributed by atoms with van der Waals surface area (Å²) in [6.07, 6.45) is -3.37. The van der Waals surface area contributed by atoms with Crippen molar-refractivity contribution in [2.45, 2.75) is 30.6 Å². The minimum absolute atomic E-state index is 0.0988. The summed E-state index contributed by atoms with van der Waals surface area (Å²) in [5, 5.41) is 40.1. The molecule has 0 aliphatic carbocycles. The Bertz CT molecular complexity index is 1120. The number of aliphatic hydroxyl groups excluding tert-OH is 4. The molecule has 160 valence electrons. The lowest BCUT2D eigenvalue weighted by atomic mass is 10.1. The van der Waals surface area contributed by atoms with Crippen molar-refractivity contribution in [3.05, 3.63) is 51.0 Å². The number of ether oxygens (including phenoxy) is 1. The molecule has 3 aromatic rings. The summed E-state index contributed by atoms with van der Waals surface area (Å²) in [7, 11) is 0. The molecule has 1 saturated heterocycles. The van der Waals surface area contributed by atoms with E-state index < -0.39 is 42.7 Å². The number of hydrogen-bond acceptors (Lipinski definition) is 8. The normalized spacial score (nSPS) is 25.1. The highest BCUT2D eigenvalue weighted by Crippen LogP contribution is 2.28. The number of benzene rings is 1. The molecular formula is C18H21BrN5O6+. The molecule has 1 aliphatic rings. The minimum Gasteiger partial charge on any atom is -0.394 e. The number of rotatable bonds is 5. The number of fused-ring (bicyclic) bond motifs is 1. The van der Waals surface area contributed by atoms with Crippen molar-refractivity contribution in [3.63, 3.8) is 0 Å². The van der Waals surface area contributed by atoms with Crippen LogP contribution in [0, 0.1) is 0 Å². The second kappa shape index (κ2) is 8.06. The second-order valence-electron chi connectivity index (χ2n) is 7.03. The van der Waals surface area contributed by atoms with E-state index in [9.17, 15) is 25.2 Å². The Labute approximate surface area is 178 Å². The smallest absolute Gasteiger partial charge is 0.313 e. The van der Waals surface area contributed by atoms with Gasteiger partial charge in [0, 0.05) is 4.47 Å². The molecule has 2 aromatic heterocycles. The third-order valence-corrected chi connectivity index (χ3v) is 5.73. The fourth-order valence-corrected chi connectivity index (χ4v) is 3.97. The molecular weight excluding hydrogens is 462 g/mol. The van der Waals surface area contributed by atoms with Crippen molar-refractivity contribution < 1.29 is 29.7 Å². The van der Waals surface area contributed by atoms with Crippen molar-refractivity contribution in [1.29, 1.82) is 0 Å². The Balaban J connectivity index is 1.91. The maximum atomic E-state index is 12.7. The van der Waals surface area contributed by atoms with E-state index in [1.807, 2.05) is 12.1 Å².